The molecule has 0 spiro atoms. The lowest BCUT2D eigenvalue weighted by Gasteiger charge is -2.23. The minimum atomic E-state index is -0.355. The third-order valence-corrected chi connectivity index (χ3v) is 5.50. The maximum atomic E-state index is 13.6. The number of amides is 1. The molecule has 0 bridgehead atoms. The molecule has 0 unspecified atom stereocenters. The molecule has 9 heteroatoms. The number of benzene rings is 2. The number of hydrogen-bond donors (Lipinski definition) is 0. The highest BCUT2D eigenvalue weighted by molar-refractivity contribution is 5.96. The summed E-state index contributed by atoms with van der Waals surface area (Å²) in [4.78, 5) is 19.8. The Bertz CT molecular complexity index is 1100. The molecule has 1 aliphatic rings. The van der Waals surface area contributed by atoms with E-state index in [2.05, 4.69) is 10.1 Å². The fourth-order valence-corrected chi connectivity index (χ4v) is 4.03. The maximum Gasteiger partial charge on any atom is 0.254 e. The van der Waals surface area contributed by atoms with E-state index in [-0.39, 0.29) is 17.8 Å². The van der Waals surface area contributed by atoms with E-state index in [0.717, 1.165) is 6.42 Å². The van der Waals surface area contributed by atoms with Crippen LogP contribution in [0.2, 0.25) is 0 Å². The quantitative estimate of drug-likeness (QED) is 0.433. The standard InChI is InChI=1S/C25H28FN3O5/c1-4-31-20-14-17(15-21(32-5-2)22(20)33-6-3)25(30)29-13-7-8-19(29)24-27-23(28-34-24)16-9-11-18(26)12-10-16/h9-12,14-15,19H,4-8,13H2,1-3H3/t19-/m0/s1. The molecule has 1 saturated heterocycles. The van der Waals surface area contributed by atoms with Gasteiger partial charge in [-0.1, -0.05) is 5.16 Å². The summed E-state index contributed by atoms with van der Waals surface area (Å²) in [7, 11) is 0. The van der Waals surface area contributed by atoms with Crippen molar-refractivity contribution in [1.82, 2.24) is 15.0 Å². The van der Waals surface area contributed by atoms with E-state index >= 15 is 0 Å². The molecule has 2 heterocycles. The smallest absolute Gasteiger partial charge is 0.254 e. The highest BCUT2D eigenvalue weighted by atomic mass is 19.1. The number of aromatic nitrogens is 2. The van der Waals surface area contributed by atoms with Crippen molar-refractivity contribution in [2.45, 2.75) is 39.7 Å². The number of ether oxygens (including phenoxy) is 3. The van der Waals surface area contributed by atoms with Crippen molar-refractivity contribution in [3.8, 4) is 28.6 Å². The topological polar surface area (TPSA) is 86.9 Å². The Hall–Kier alpha value is -3.62. The maximum absolute atomic E-state index is 13.6. The van der Waals surface area contributed by atoms with E-state index in [1.807, 2.05) is 20.8 Å². The monoisotopic (exact) mass is 469 g/mol. The fraction of sp³-hybridized carbons (Fsp3) is 0.400. The van der Waals surface area contributed by atoms with E-state index in [0.29, 0.717) is 72.9 Å². The average molecular weight is 470 g/mol. The van der Waals surface area contributed by atoms with E-state index in [1.54, 1.807) is 29.2 Å². The van der Waals surface area contributed by atoms with Gasteiger partial charge < -0.3 is 23.6 Å². The van der Waals surface area contributed by atoms with E-state index in [4.69, 9.17) is 18.7 Å². The van der Waals surface area contributed by atoms with Crippen molar-refractivity contribution < 1.29 is 27.9 Å². The highest BCUT2D eigenvalue weighted by Gasteiger charge is 2.35. The molecule has 1 atom stereocenters. The van der Waals surface area contributed by atoms with Gasteiger partial charge in [-0.05, 0) is 70.0 Å². The largest absolute Gasteiger partial charge is 0.490 e. The van der Waals surface area contributed by atoms with Crippen LogP contribution in [-0.2, 0) is 0 Å². The number of likely N-dealkylation sites (tertiary alicyclic amines) is 1. The van der Waals surface area contributed by atoms with Crippen LogP contribution in [0.1, 0.15) is 55.9 Å². The molecule has 3 aromatic rings. The van der Waals surface area contributed by atoms with Crippen LogP contribution in [0.5, 0.6) is 17.2 Å². The van der Waals surface area contributed by atoms with Gasteiger partial charge >= 0.3 is 0 Å². The molecule has 0 radical (unpaired) electrons. The van der Waals surface area contributed by atoms with Gasteiger partial charge in [0, 0.05) is 17.7 Å². The fourth-order valence-electron chi connectivity index (χ4n) is 4.03. The van der Waals surface area contributed by atoms with Crippen LogP contribution < -0.4 is 14.2 Å². The number of halogens is 1. The van der Waals surface area contributed by atoms with Crippen molar-refractivity contribution in [1.29, 1.82) is 0 Å². The second-order valence-corrected chi connectivity index (χ2v) is 7.72. The van der Waals surface area contributed by atoms with Crippen molar-refractivity contribution in [2.75, 3.05) is 26.4 Å². The first-order valence-corrected chi connectivity index (χ1v) is 11.5. The van der Waals surface area contributed by atoms with Gasteiger partial charge in [-0.3, -0.25) is 4.79 Å². The molecule has 0 N–H and O–H groups in total. The van der Waals surface area contributed by atoms with E-state index in [1.165, 1.54) is 12.1 Å². The Morgan fingerprint density at radius 2 is 1.71 bits per heavy atom. The van der Waals surface area contributed by atoms with E-state index < -0.39 is 0 Å². The number of rotatable bonds is 9. The Morgan fingerprint density at radius 1 is 1.06 bits per heavy atom. The lowest BCUT2D eigenvalue weighted by atomic mass is 10.1. The van der Waals surface area contributed by atoms with Crippen LogP contribution in [0.3, 0.4) is 0 Å². The summed E-state index contributed by atoms with van der Waals surface area (Å²) in [6.07, 6.45) is 1.50. The van der Waals surface area contributed by atoms with Gasteiger partial charge in [0.05, 0.1) is 19.8 Å². The second-order valence-electron chi connectivity index (χ2n) is 7.72. The molecule has 1 amide bonds. The molecular weight excluding hydrogens is 441 g/mol. The zero-order valence-corrected chi connectivity index (χ0v) is 19.5. The molecular formula is C25H28FN3O5. The third kappa shape index (κ3) is 4.83. The molecule has 8 nitrogen and oxygen atoms in total. The minimum absolute atomic E-state index is 0.186. The van der Waals surface area contributed by atoms with Gasteiger partial charge in [-0.2, -0.15) is 4.98 Å². The summed E-state index contributed by atoms with van der Waals surface area (Å²) in [6.45, 7) is 7.45. The summed E-state index contributed by atoms with van der Waals surface area (Å²) in [5.74, 6) is 1.60. The zero-order chi connectivity index (χ0) is 24.1. The van der Waals surface area contributed by atoms with Gasteiger partial charge in [0.2, 0.25) is 17.5 Å². The summed E-state index contributed by atoms with van der Waals surface area (Å²) in [5, 5.41) is 4.03. The van der Waals surface area contributed by atoms with Gasteiger partial charge in [0.1, 0.15) is 11.9 Å². The van der Waals surface area contributed by atoms with Crippen molar-refractivity contribution in [2.24, 2.45) is 0 Å². The van der Waals surface area contributed by atoms with Crippen LogP contribution in [-0.4, -0.2) is 47.3 Å². The first-order chi connectivity index (χ1) is 16.5. The van der Waals surface area contributed by atoms with Gasteiger partial charge in [-0.25, -0.2) is 4.39 Å². The summed E-state index contributed by atoms with van der Waals surface area (Å²) in [5.41, 5.74) is 1.07. The predicted molar refractivity (Wildman–Crippen MR) is 123 cm³/mol. The lowest BCUT2D eigenvalue weighted by Crippen LogP contribution is -2.30. The Balaban J connectivity index is 1.63. The summed E-state index contributed by atoms with van der Waals surface area (Å²) < 4.78 is 36.0. The molecule has 1 aromatic heterocycles. The van der Waals surface area contributed by atoms with Crippen molar-refractivity contribution in [3.63, 3.8) is 0 Å². The Labute approximate surface area is 197 Å². The van der Waals surface area contributed by atoms with Crippen LogP contribution in [0.4, 0.5) is 4.39 Å². The average Bonchev–Trinajstić information content (AvgIpc) is 3.51. The van der Waals surface area contributed by atoms with E-state index in [9.17, 15) is 9.18 Å². The molecule has 180 valence electrons. The number of carbonyl (C=O) groups excluding carboxylic acids is 1. The SMILES string of the molecule is CCOc1cc(C(=O)N2CCC[C@H]2c2nc(-c3ccc(F)cc3)no2)cc(OCC)c1OCC. The number of nitrogens with zero attached hydrogens (tertiary/aromatic N) is 3. The normalized spacial score (nSPS) is 15.4. The van der Waals surface area contributed by atoms with Crippen LogP contribution in [0, 0.1) is 5.82 Å². The lowest BCUT2D eigenvalue weighted by molar-refractivity contribution is 0.0709. The minimum Gasteiger partial charge on any atom is -0.490 e. The molecule has 4 rings (SSSR count). The predicted octanol–water partition coefficient (Wildman–Crippen LogP) is 5.05. The Morgan fingerprint density at radius 3 is 2.32 bits per heavy atom. The van der Waals surface area contributed by atoms with Gasteiger partial charge in [0.25, 0.3) is 5.91 Å². The van der Waals surface area contributed by atoms with Crippen LogP contribution in [0.25, 0.3) is 11.4 Å². The van der Waals surface area contributed by atoms with Crippen LogP contribution in [0.15, 0.2) is 40.9 Å². The second kappa shape index (κ2) is 10.5. The summed E-state index contributed by atoms with van der Waals surface area (Å²) >= 11 is 0. The molecule has 0 aliphatic carbocycles. The van der Waals surface area contributed by atoms with Crippen molar-refractivity contribution >= 4 is 5.91 Å². The number of carbonyl (C=O) groups is 1. The number of hydrogen-bond acceptors (Lipinski definition) is 7. The molecule has 1 aliphatic heterocycles. The molecule has 1 fully saturated rings. The molecule has 2 aromatic carbocycles. The van der Waals surface area contributed by atoms with Gasteiger partial charge in [-0.15, -0.1) is 0 Å². The third-order valence-electron chi connectivity index (χ3n) is 5.50. The zero-order valence-electron chi connectivity index (χ0n) is 19.5. The first-order valence-electron chi connectivity index (χ1n) is 11.5. The first kappa shape index (κ1) is 23.5. The molecule has 0 saturated carbocycles. The van der Waals surface area contributed by atoms with Crippen LogP contribution >= 0.6 is 0 Å². The Kier molecular flexibility index (Phi) is 7.30. The highest BCUT2D eigenvalue weighted by Crippen LogP contribution is 2.41. The van der Waals surface area contributed by atoms with Crippen molar-refractivity contribution in [3.05, 3.63) is 53.7 Å². The van der Waals surface area contributed by atoms with Gasteiger partial charge in [0.15, 0.2) is 11.5 Å². The summed E-state index contributed by atoms with van der Waals surface area (Å²) in [6, 6.07) is 8.88. The molecule has 34 heavy (non-hydrogen) atoms.